The fourth-order valence-electron chi connectivity index (χ4n) is 5.71. The van der Waals surface area contributed by atoms with Crippen LogP contribution in [0.15, 0.2) is 75.7 Å². The second-order valence-electron chi connectivity index (χ2n) is 10.2. The van der Waals surface area contributed by atoms with Gasteiger partial charge in [0.1, 0.15) is 17.5 Å². The zero-order valence-electron chi connectivity index (χ0n) is 25.2. The normalized spacial score (nSPS) is 14.9. The zero-order valence-corrected chi connectivity index (χ0v) is 26.0. The molecule has 1 unspecified atom stereocenters. The molecular formula is C34H37N3O5S. The van der Waals surface area contributed by atoms with Crippen molar-refractivity contribution in [1.82, 2.24) is 4.57 Å². The molecule has 4 aromatic rings. The topological polar surface area (TPSA) is 93.4 Å². The molecule has 8 nitrogen and oxygen atoms in total. The van der Waals surface area contributed by atoms with Crippen molar-refractivity contribution in [1.29, 1.82) is 0 Å². The second-order valence-corrected chi connectivity index (χ2v) is 11.2. The number of methoxy groups -OCH3 is 1. The summed E-state index contributed by atoms with van der Waals surface area (Å²) in [5, 5.41) is 12.7. The summed E-state index contributed by atoms with van der Waals surface area (Å²) in [7, 11) is 1.59. The number of thiazole rings is 1. The molecule has 0 bridgehead atoms. The van der Waals surface area contributed by atoms with Crippen LogP contribution in [-0.2, 0) is 9.53 Å². The number of nitrogens with zero attached hydrogens (tertiary/aromatic N) is 3. The number of ether oxygens (including phenoxy) is 2. The molecule has 9 heteroatoms. The van der Waals surface area contributed by atoms with Crippen molar-refractivity contribution in [2.45, 2.75) is 46.6 Å². The highest BCUT2D eigenvalue weighted by Crippen LogP contribution is 2.41. The molecule has 0 amide bonds. The van der Waals surface area contributed by atoms with Crippen molar-refractivity contribution in [3.8, 4) is 11.5 Å². The minimum absolute atomic E-state index is 0.0846. The van der Waals surface area contributed by atoms with E-state index in [4.69, 9.17) is 14.5 Å². The van der Waals surface area contributed by atoms with Gasteiger partial charge in [-0.15, -0.1) is 0 Å². The Morgan fingerprint density at radius 3 is 2.53 bits per heavy atom. The lowest BCUT2D eigenvalue weighted by molar-refractivity contribution is -0.139. The predicted octanol–water partition coefficient (Wildman–Crippen LogP) is 5.29. The van der Waals surface area contributed by atoms with Crippen LogP contribution in [0.25, 0.3) is 16.8 Å². The summed E-state index contributed by atoms with van der Waals surface area (Å²) in [6, 6.07) is 16.3. The summed E-state index contributed by atoms with van der Waals surface area (Å²) in [6.07, 6.45) is 2.98. The summed E-state index contributed by atoms with van der Waals surface area (Å²) in [4.78, 5) is 35.4. The summed E-state index contributed by atoms with van der Waals surface area (Å²) in [5.74, 6) is 0.137. The number of hydrogen-bond donors (Lipinski definition) is 1. The number of carbonyl (C=O) groups is 1. The van der Waals surface area contributed by atoms with E-state index < -0.39 is 12.0 Å². The van der Waals surface area contributed by atoms with Crippen LogP contribution in [0.5, 0.6) is 11.5 Å². The van der Waals surface area contributed by atoms with E-state index in [9.17, 15) is 14.7 Å². The molecule has 1 aromatic heterocycles. The van der Waals surface area contributed by atoms with E-state index in [0.29, 0.717) is 43.9 Å². The molecule has 0 spiro atoms. The molecule has 1 aliphatic heterocycles. The van der Waals surface area contributed by atoms with Crippen LogP contribution in [0.2, 0.25) is 0 Å². The van der Waals surface area contributed by atoms with Crippen LogP contribution in [0, 0.1) is 0 Å². The molecule has 2 heterocycles. The minimum Gasteiger partial charge on any atom is -0.507 e. The number of hydrogen-bond acceptors (Lipinski definition) is 8. The zero-order chi connectivity index (χ0) is 30.7. The third-order valence-electron chi connectivity index (χ3n) is 7.75. The Hall–Kier alpha value is -4.37. The first-order chi connectivity index (χ1) is 20.9. The van der Waals surface area contributed by atoms with Crippen molar-refractivity contribution in [2.24, 2.45) is 4.99 Å². The molecule has 224 valence electrons. The number of fused-ring (bicyclic) bond motifs is 2. The van der Waals surface area contributed by atoms with E-state index in [1.165, 1.54) is 11.3 Å². The van der Waals surface area contributed by atoms with Crippen LogP contribution in [0.3, 0.4) is 0 Å². The van der Waals surface area contributed by atoms with Gasteiger partial charge in [-0.1, -0.05) is 55.0 Å². The Morgan fingerprint density at radius 2 is 1.86 bits per heavy atom. The lowest BCUT2D eigenvalue weighted by Gasteiger charge is -2.28. The SMILES string of the molecule is CCCC1=C(C(=O)OCC)C(c2c(OC)ccc3ccccc23)n2c(sc(=Cc3ccc(N(CC)CC)cc3O)c2=O)=N1. The average molecular weight is 600 g/mol. The standard InChI is InChI=1S/C34H37N3O5S/c1-6-12-25-30(33(40)42-9-4)31(29-24-14-11-10-13-21(24)16-18-27(29)41-5)37-32(39)28(43-34(37)35-25)19-22-15-17-23(20-26(22)38)36(7-2)8-3/h10-11,13-20,31,38H,6-9,12H2,1-5H3. The Kier molecular flexibility index (Phi) is 9.01. The molecule has 43 heavy (non-hydrogen) atoms. The Morgan fingerprint density at radius 1 is 1.09 bits per heavy atom. The molecular weight excluding hydrogens is 562 g/mol. The highest BCUT2D eigenvalue weighted by atomic mass is 32.1. The third kappa shape index (κ3) is 5.57. The van der Waals surface area contributed by atoms with Gasteiger partial charge in [0, 0.05) is 36.0 Å². The number of phenolic OH excluding ortho intramolecular Hbond substituents is 1. The predicted molar refractivity (Wildman–Crippen MR) is 172 cm³/mol. The van der Waals surface area contributed by atoms with Crippen molar-refractivity contribution in [3.63, 3.8) is 0 Å². The first kappa shape index (κ1) is 30.1. The maximum atomic E-state index is 14.3. The van der Waals surface area contributed by atoms with Crippen LogP contribution >= 0.6 is 11.3 Å². The summed E-state index contributed by atoms with van der Waals surface area (Å²) < 4.78 is 13.4. The van der Waals surface area contributed by atoms with E-state index in [1.54, 1.807) is 30.7 Å². The van der Waals surface area contributed by atoms with Gasteiger partial charge in [-0.25, -0.2) is 9.79 Å². The van der Waals surface area contributed by atoms with Crippen molar-refractivity contribution < 1.29 is 19.4 Å². The number of phenols is 1. The number of aromatic hydroxyl groups is 1. The number of allylic oxidation sites excluding steroid dienone is 1. The summed E-state index contributed by atoms with van der Waals surface area (Å²) in [5.41, 5.74) is 2.76. The lowest BCUT2D eigenvalue weighted by atomic mass is 9.90. The third-order valence-corrected chi connectivity index (χ3v) is 8.73. The molecule has 3 aromatic carbocycles. The van der Waals surface area contributed by atoms with Gasteiger partial charge in [0.15, 0.2) is 4.80 Å². The molecule has 5 rings (SSSR count). The van der Waals surface area contributed by atoms with Crippen LogP contribution < -0.4 is 24.5 Å². The van der Waals surface area contributed by atoms with Gasteiger partial charge in [-0.2, -0.15) is 0 Å². The lowest BCUT2D eigenvalue weighted by Crippen LogP contribution is -2.40. The molecule has 0 fully saturated rings. The average Bonchev–Trinajstić information content (AvgIpc) is 3.32. The molecule has 0 saturated carbocycles. The maximum absolute atomic E-state index is 14.3. The monoisotopic (exact) mass is 599 g/mol. The summed E-state index contributed by atoms with van der Waals surface area (Å²) >= 11 is 1.24. The number of anilines is 1. The molecule has 1 N–H and O–H groups in total. The smallest absolute Gasteiger partial charge is 0.338 e. The Balaban J connectivity index is 1.80. The second kappa shape index (κ2) is 12.9. The van der Waals surface area contributed by atoms with Gasteiger partial charge < -0.3 is 19.5 Å². The van der Waals surface area contributed by atoms with Crippen LogP contribution in [0.4, 0.5) is 5.69 Å². The van der Waals surface area contributed by atoms with Gasteiger partial charge in [0.25, 0.3) is 5.56 Å². The fraction of sp³-hybridized carbons (Fsp3) is 0.324. The number of carbonyl (C=O) groups excluding carboxylic acids is 1. The first-order valence-corrected chi connectivity index (χ1v) is 15.5. The van der Waals surface area contributed by atoms with Gasteiger partial charge in [0.2, 0.25) is 0 Å². The van der Waals surface area contributed by atoms with E-state index in [2.05, 4.69) is 18.7 Å². The maximum Gasteiger partial charge on any atom is 0.338 e. The Labute approximate surface area is 254 Å². The quantitative estimate of drug-likeness (QED) is 0.249. The van der Waals surface area contributed by atoms with Gasteiger partial charge >= 0.3 is 5.97 Å². The number of esters is 1. The van der Waals surface area contributed by atoms with Crippen LogP contribution in [0.1, 0.15) is 57.7 Å². The molecule has 0 saturated heterocycles. The molecule has 1 aliphatic rings. The fourth-order valence-corrected chi connectivity index (χ4v) is 6.72. The highest BCUT2D eigenvalue weighted by Gasteiger charge is 2.37. The molecule has 0 radical (unpaired) electrons. The number of aromatic nitrogens is 1. The number of benzene rings is 3. The van der Waals surface area contributed by atoms with E-state index in [-0.39, 0.29) is 17.9 Å². The van der Waals surface area contributed by atoms with E-state index in [1.807, 2.05) is 55.5 Å². The van der Waals surface area contributed by atoms with E-state index in [0.717, 1.165) is 36.0 Å². The van der Waals surface area contributed by atoms with Gasteiger partial charge in [0.05, 0.1) is 29.5 Å². The van der Waals surface area contributed by atoms with Gasteiger partial charge in [-0.3, -0.25) is 9.36 Å². The largest absolute Gasteiger partial charge is 0.507 e. The summed E-state index contributed by atoms with van der Waals surface area (Å²) in [6.45, 7) is 9.73. The van der Waals surface area contributed by atoms with Gasteiger partial charge in [-0.05, 0) is 62.2 Å². The number of rotatable bonds is 10. The van der Waals surface area contributed by atoms with Crippen molar-refractivity contribution >= 4 is 39.8 Å². The first-order valence-electron chi connectivity index (χ1n) is 14.7. The minimum atomic E-state index is -0.821. The highest BCUT2D eigenvalue weighted by molar-refractivity contribution is 7.07. The van der Waals surface area contributed by atoms with Crippen molar-refractivity contribution in [3.05, 3.63) is 96.7 Å². The molecule has 0 aliphatic carbocycles. The van der Waals surface area contributed by atoms with Crippen molar-refractivity contribution in [2.75, 3.05) is 31.7 Å². The molecule has 1 atom stereocenters. The van der Waals surface area contributed by atoms with E-state index >= 15 is 0 Å². The Bertz CT molecular complexity index is 1880. The van der Waals surface area contributed by atoms with Crippen LogP contribution in [-0.4, -0.2) is 42.4 Å².